The minimum Gasteiger partial charge on any atom is -0.299 e. The number of nitrogens with zero attached hydrogens (tertiary/aromatic N) is 2. The number of pyridine rings is 1. The Kier molecular flexibility index (Phi) is 5.29. The fourth-order valence-electron chi connectivity index (χ4n) is 2.67. The van der Waals surface area contributed by atoms with E-state index in [2.05, 4.69) is 9.88 Å². The molecule has 0 aromatic carbocycles. The van der Waals surface area contributed by atoms with Crippen molar-refractivity contribution in [3.8, 4) is 0 Å². The lowest BCUT2D eigenvalue weighted by Gasteiger charge is -2.32. The highest BCUT2D eigenvalue weighted by molar-refractivity contribution is 7.90. The Labute approximate surface area is 130 Å². The summed E-state index contributed by atoms with van der Waals surface area (Å²) in [5.41, 5.74) is 0.864. The maximum atomic E-state index is 11.4. The summed E-state index contributed by atoms with van der Waals surface area (Å²) in [6.45, 7) is 2.34. The number of rotatable bonds is 4. The van der Waals surface area contributed by atoms with Crippen molar-refractivity contribution in [3.05, 3.63) is 28.0 Å². The molecule has 0 aliphatic carbocycles. The van der Waals surface area contributed by atoms with Crippen LogP contribution in [0.15, 0.2) is 12.4 Å². The Morgan fingerprint density at radius 2 is 2.00 bits per heavy atom. The van der Waals surface area contributed by atoms with Gasteiger partial charge in [0.25, 0.3) is 0 Å². The molecular formula is C13H18Cl2N2O2S. The molecule has 1 atom stereocenters. The van der Waals surface area contributed by atoms with Crippen molar-refractivity contribution in [3.63, 3.8) is 0 Å². The van der Waals surface area contributed by atoms with Gasteiger partial charge in [-0.05, 0) is 25.3 Å². The van der Waals surface area contributed by atoms with Gasteiger partial charge in [-0.15, -0.1) is 0 Å². The molecule has 0 bridgehead atoms. The SMILES string of the molecule is CS(=O)(=O)CC1CCCN(Cc2c(Cl)cncc2Cl)C1. The molecule has 1 saturated heterocycles. The molecule has 20 heavy (non-hydrogen) atoms. The average Bonchev–Trinajstić information content (AvgIpc) is 2.32. The Bertz CT molecular complexity index is 557. The monoisotopic (exact) mass is 336 g/mol. The Hall–Kier alpha value is -0.360. The summed E-state index contributed by atoms with van der Waals surface area (Å²) in [5, 5.41) is 1.12. The van der Waals surface area contributed by atoms with E-state index >= 15 is 0 Å². The largest absolute Gasteiger partial charge is 0.299 e. The molecule has 1 aliphatic heterocycles. The fraction of sp³-hybridized carbons (Fsp3) is 0.615. The smallest absolute Gasteiger partial charge is 0.147 e. The van der Waals surface area contributed by atoms with E-state index in [9.17, 15) is 8.42 Å². The van der Waals surface area contributed by atoms with Crippen molar-refractivity contribution in [2.45, 2.75) is 19.4 Å². The molecule has 2 rings (SSSR count). The highest BCUT2D eigenvalue weighted by Gasteiger charge is 2.24. The van der Waals surface area contributed by atoms with Crippen LogP contribution in [0.1, 0.15) is 18.4 Å². The number of likely N-dealkylation sites (tertiary alicyclic amines) is 1. The second-order valence-electron chi connectivity index (χ2n) is 5.42. The number of piperidine rings is 1. The third kappa shape index (κ3) is 4.58. The first-order valence-electron chi connectivity index (χ1n) is 6.53. The van der Waals surface area contributed by atoms with Gasteiger partial charge in [0, 0.05) is 37.3 Å². The van der Waals surface area contributed by atoms with Crippen molar-refractivity contribution in [2.75, 3.05) is 25.1 Å². The fourth-order valence-corrected chi connectivity index (χ4v) is 4.28. The van der Waals surface area contributed by atoms with Crippen LogP contribution in [0.5, 0.6) is 0 Å². The summed E-state index contributed by atoms with van der Waals surface area (Å²) in [7, 11) is -2.93. The van der Waals surface area contributed by atoms with Gasteiger partial charge in [0.05, 0.1) is 15.8 Å². The third-order valence-electron chi connectivity index (χ3n) is 3.48. The molecule has 1 unspecified atom stereocenters. The molecule has 1 aliphatic rings. The molecule has 4 nitrogen and oxygen atoms in total. The van der Waals surface area contributed by atoms with Crippen molar-refractivity contribution in [1.29, 1.82) is 0 Å². The third-order valence-corrected chi connectivity index (χ3v) is 5.20. The normalized spacial score (nSPS) is 21.1. The zero-order valence-electron chi connectivity index (χ0n) is 11.3. The van der Waals surface area contributed by atoms with Gasteiger partial charge in [-0.2, -0.15) is 0 Å². The first-order chi connectivity index (χ1) is 9.35. The number of aromatic nitrogens is 1. The van der Waals surface area contributed by atoms with Crippen LogP contribution in [0.4, 0.5) is 0 Å². The lowest BCUT2D eigenvalue weighted by molar-refractivity contribution is 0.178. The van der Waals surface area contributed by atoms with Gasteiger partial charge in [0.2, 0.25) is 0 Å². The van der Waals surface area contributed by atoms with Gasteiger partial charge in [-0.3, -0.25) is 9.88 Å². The number of halogens is 2. The zero-order chi connectivity index (χ0) is 14.8. The second kappa shape index (κ2) is 6.60. The maximum absolute atomic E-state index is 11.4. The molecule has 7 heteroatoms. The average molecular weight is 337 g/mol. The molecule has 112 valence electrons. The molecule has 1 aromatic rings. The predicted octanol–water partition coefficient (Wildman–Crippen LogP) is 2.65. The standard InChI is InChI=1S/C13H18Cl2N2O2S/c1-20(18,19)9-10-3-2-4-17(7-10)8-11-12(14)5-16-6-13(11)15/h5-6,10H,2-4,7-9H2,1H3. The van der Waals surface area contributed by atoms with E-state index in [0.29, 0.717) is 16.6 Å². The minimum absolute atomic E-state index is 0.193. The number of hydrogen-bond donors (Lipinski definition) is 0. The molecule has 0 N–H and O–H groups in total. The van der Waals surface area contributed by atoms with Crippen LogP contribution in [-0.2, 0) is 16.4 Å². The van der Waals surface area contributed by atoms with Crippen molar-refractivity contribution in [2.24, 2.45) is 5.92 Å². The summed E-state index contributed by atoms with van der Waals surface area (Å²) in [6.07, 6.45) is 6.42. The van der Waals surface area contributed by atoms with Crippen LogP contribution in [-0.4, -0.2) is 43.4 Å². The zero-order valence-corrected chi connectivity index (χ0v) is 13.7. The van der Waals surface area contributed by atoms with Crippen molar-refractivity contribution >= 4 is 33.0 Å². The van der Waals surface area contributed by atoms with Gasteiger partial charge in [0.1, 0.15) is 9.84 Å². The van der Waals surface area contributed by atoms with E-state index in [1.165, 1.54) is 6.26 Å². The van der Waals surface area contributed by atoms with Crippen LogP contribution in [0.2, 0.25) is 10.0 Å². The highest BCUT2D eigenvalue weighted by atomic mass is 35.5. The Morgan fingerprint density at radius 1 is 1.35 bits per heavy atom. The van der Waals surface area contributed by atoms with Gasteiger partial charge in [-0.1, -0.05) is 23.2 Å². The molecule has 0 saturated carbocycles. The van der Waals surface area contributed by atoms with E-state index in [0.717, 1.165) is 31.5 Å². The second-order valence-corrected chi connectivity index (χ2v) is 8.42. The maximum Gasteiger partial charge on any atom is 0.147 e. The van der Waals surface area contributed by atoms with E-state index in [1.54, 1.807) is 12.4 Å². The Morgan fingerprint density at radius 3 is 2.60 bits per heavy atom. The quantitative estimate of drug-likeness (QED) is 0.848. The van der Waals surface area contributed by atoms with Gasteiger partial charge in [-0.25, -0.2) is 8.42 Å². The van der Waals surface area contributed by atoms with Crippen LogP contribution in [0.25, 0.3) is 0 Å². The van der Waals surface area contributed by atoms with Gasteiger partial charge >= 0.3 is 0 Å². The van der Waals surface area contributed by atoms with Crippen LogP contribution in [0, 0.1) is 5.92 Å². The lowest BCUT2D eigenvalue weighted by Crippen LogP contribution is -2.37. The summed E-state index contributed by atoms with van der Waals surface area (Å²) < 4.78 is 22.8. The van der Waals surface area contributed by atoms with E-state index in [-0.39, 0.29) is 11.7 Å². The minimum atomic E-state index is -2.93. The van der Waals surface area contributed by atoms with E-state index < -0.39 is 9.84 Å². The molecule has 1 aromatic heterocycles. The lowest BCUT2D eigenvalue weighted by atomic mass is 9.99. The molecule has 0 spiro atoms. The van der Waals surface area contributed by atoms with Crippen molar-refractivity contribution < 1.29 is 8.42 Å². The van der Waals surface area contributed by atoms with Gasteiger partial charge in [0.15, 0.2) is 0 Å². The molecule has 2 heterocycles. The molecular weight excluding hydrogens is 319 g/mol. The van der Waals surface area contributed by atoms with Crippen molar-refractivity contribution in [1.82, 2.24) is 9.88 Å². The number of sulfone groups is 1. The molecule has 0 radical (unpaired) electrons. The summed E-state index contributed by atoms with van der Waals surface area (Å²) in [4.78, 5) is 6.15. The molecule has 0 amide bonds. The van der Waals surface area contributed by atoms with Crippen LogP contribution < -0.4 is 0 Å². The summed E-state index contributed by atoms with van der Waals surface area (Å²) in [6, 6.07) is 0. The van der Waals surface area contributed by atoms with Crippen LogP contribution >= 0.6 is 23.2 Å². The topological polar surface area (TPSA) is 50.3 Å². The van der Waals surface area contributed by atoms with Crippen LogP contribution in [0.3, 0.4) is 0 Å². The first-order valence-corrected chi connectivity index (χ1v) is 9.35. The summed E-state index contributed by atoms with van der Waals surface area (Å²) in [5.74, 6) is 0.444. The molecule has 1 fully saturated rings. The predicted molar refractivity (Wildman–Crippen MR) is 82.0 cm³/mol. The van der Waals surface area contributed by atoms with Gasteiger partial charge < -0.3 is 0 Å². The first kappa shape index (κ1) is 16.0. The Balaban J connectivity index is 2.03. The van der Waals surface area contributed by atoms with E-state index in [1.807, 2.05) is 0 Å². The van der Waals surface area contributed by atoms with E-state index in [4.69, 9.17) is 23.2 Å². The number of hydrogen-bond acceptors (Lipinski definition) is 4. The summed E-state index contributed by atoms with van der Waals surface area (Å²) >= 11 is 12.2. The highest BCUT2D eigenvalue weighted by Crippen LogP contribution is 2.27.